The standard InChI is InChI=1S/C23H23N3O5S/c1-14-11-17(15(2)26(14)18-7-5-16(6-8-18)22(29)30)12-19-21(28)25(23(31)32-19)13-20(27)24-9-3-4-10-24/h5-8,11-12H,3-4,9-10,13H2,1-2H3,(H,29,30)/b19-12+. The number of aromatic nitrogens is 1. The van der Waals surface area contributed by atoms with E-state index in [2.05, 4.69) is 0 Å². The SMILES string of the molecule is Cc1cc(/C=C2/SC(=O)N(CC(=O)N3CCCC3)C2=O)c(C)n1-c1ccc(C(=O)O)cc1. The number of carbonyl (C=O) groups is 4. The molecule has 2 aliphatic heterocycles. The molecule has 8 nitrogen and oxygen atoms in total. The molecule has 0 aliphatic carbocycles. The van der Waals surface area contributed by atoms with Gasteiger partial charge in [0.25, 0.3) is 11.1 Å². The molecule has 0 atom stereocenters. The van der Waals surface area contributed by atoms with Gasteiger partial charge in [-0.2, -0.15) is 0 Å². The molecule has 0 spiro atoms. The van der Waals surface area contributed by atoms with Crippen molar-refractivity contribution in [3.63, 3.8) is 0 Å². The number of carbonyl (C=O) groups excluding carboxylic acids is 3. The van der Waals surface area contributed by atoms with Crippen molar-refractivity contribution in [1.29, 1.82) is 0 Å². The second-order valence-corrected chi connectivity index (χ2v) is 8.86. The maximum atomic E-state index is 12.8. The van der Waals surface area contributed by atoms with E-state index in [-0.39, 0.29) is 22.9 Å². The first kappa shape index (κ1) is 21.9. The molecular weight excluding hydrogens is 430 g/mol. The van der Waals surface area contributed by atoms with Crippen LogP contribution in [0.4, 0.5) is 4.79 Å². The van der Waals surface area contributed by atoms with Crippen LogP contribution in [0, 0.1) is 13.8 Å². The van der Waals surface area contributed by atoms with E-state index >= 15 is 0 Å². The van der Waals surface area contributed by atoms with Gasteiger partial charge in [0.15, 0.2) is 0 Å². The highest BCUT2D eigenvalue weighted by Crippen LogP contribution is 2.34. The van der Waals surface area contributed by atoms with Crippen molar-refractivity contribution in [2.75, 3.05) is 19.6 Å². The number of hydrogen-bond acceptors (Lipinski definition) is 5. The summed E-state index contributed by atoms with van der Waals surface area (Å²) in [5.41, 5.74) is 3.54. The zero-order valence-corrected chi connectivity index (χ0v) is 18.6. The van der Waals surface area contributed by atoms with Gasteiger partial charge in [0.05, 0.1) is 10.5 Å². The van der Waals surface area contributed by atoms with Crippen LogP contribution < -0.4 is 0 Å². The number of carboxylic acids is 1. The van der Waals surface area contributed by atoms with Gasteiger partial charge in [-0.3, -0.25) is 19.3 Å². The Bertz CT molecular complexity index is 1140. The van der Waals surface area contributed by atoms with Gasteiger partial charge < -0.3 is 14.6 Å². The molecule has 1 aromatic carbocycles. The highest BCUT2D eigenvalue weighted by atomic mass is 32.2. The molecule has 32 heavy (non-hydrogen) atoms. The highest BCUT2D eigenvalue weighted by molar-refractivity contribution is 8.18. The molecule has 3 heterocycles. The fourth-order valence-electron chi connectivity index (χ4n) is 4.06. The lowest BCUT2D eigenvalue weighted by molar-refractivity contribution is -0.135. The minimum atomic E-state index is -0.989. The summed E-state index contributed by atoms with van der Waals surface area (Å²) >= 11 is 0.839. The van der Waals surface area contributed by atoms with Crippen LogP contribution in [0.3, 0.4) is 0 Å². The Morgan fingerprint density at radius 3 is 2.38 bits per heavy atom. The average Bonchev–Trinajstić information content (AvgIpc) is 3.45. The zero-order chi connectivity index (χ0) is 23.0. The number of nitrogens with zero attached hydrogens (tertiary/aromatic N) is 3. The molecule has 2 saturated heterocycles. The van der Waals surface area contributed by atoms with Crippen LogP contribution in [0.2, 0.25) is 0 Å². The Morgan fingerprint density at radius 1 is 1.09 bits per heavy atom. The number of aromatic carboxylic acids is 1. The predicted molar refractivity (Wildman–Crippen MR) is 121 cm³/mol. The molecule has 0 saturated carbocycles. The van der Waals surface area contributed by atoms with Gasteiger partial charge in [0.1, 0.15) is 6.54 Å². The molecule has 3 amide bonds. The van der Waals surface area contributed by atoms with Crippen LogP contribution in [-0.2, 0) is 9.59 Å². The predicted octanol–water partition coefficient (Wildman–Crippen LogP) is 3.45. The molecule has 0 unspecified atom stereocenters. The number of aryl methyl sites for hydroxylation is 1. The van der Waals surface area contributed by atoms with E-state index in [0.717, 1.165) is 52.1 Å². The third-order valence-electron chi connectivity index (χ3n) is 5.76. The summed E-state index contributed by atoms with van der Waals surface area (Å²) in [6.07, 6.45) is 3.57. The molecule has 0 radical (unpaired) electrons. The molecule has 0 bridgehead atoms. The molecule has 1 aromatic heterocycles. The number of benzene rings is 1. The van der Waals surface area contributed by atoms with Gasteiger partial charge >= 0.3 is 5.97 Å². The van der Waals surface area contributed by atoms with Crippen molar-refractivity contribution in [3.8, 4) is 5.69 Å². The summed E-state index contributed by atoms with van der Waals surface area (Å²) in [5.74, 6) is -1.64. The number of carboxylic acid groups (broad SMARTS) is 1. The summed E-state index contributed by atoms with van der Waals surface area (Å²) in [4.78, 5) is 51.7. The number of amides is 3. The molecule has 2 fully saturated rings. The van der Waals surface area contributed by atoms with Gasteiger partial charge in [-0.05, 0) is 80.4 Å². The summed E-state index contributed by atoms with van der Waals surface area (Å²) in [6.45, 7) is 4.92. The first-order chi connectivity index (χ1) is 15.3. The molecule has 166 valence electrons. The zero-order valence-electron chi connectivity index (χ0n) is 17.8. The number of rotatable bonds is 5. The second-order valence-electron chi connectivity index (χ2n) is 7.87. The van der Waals surface area contributed by atoms with Crippen LogP contribution in [0.25, 0.3) is 11.8 Å². The van der Waals surface area contributed by atoms with Gasteiger partial charge in [0, 0.05) is 30.2 Å². The van der Waals surface area contributed by atoms with E-state index in [1.807, 2.05) is 24.5 Å². The molecule has 4 rings (SSSR count). The Balaban J connectivity index is 1.57. The van der Waals surface area contributed by atoms with Gasteiger partial charge in [0.2, 0.25) is 5.91 Å². The Morgan fingerprint density at radius 2 is 1.75 bits per heavy atom. The Kier molecular flexibility index (Phi) is 5.92. The summed E-state index contributed by atoms with van der Waals surface area (Å²) < 4.78 is 1.96. The topological polar surface area (TPSA) is 99.9 Å². The molecule has 1 N–H and O–H groups in total. The Hall–Kier alpha value is -3.33. The van der Waals surface area contributed by atoms with Crippen LogP contribution in [0.5, 0.6) is 0 Å². The minimum Gasteiger partial charge on any atom is -0.478 e. The van der Waals surface area contributed by atoms with Crippen LogP contribution in [0.15, 0.2) is 35.2 Å². The van der Waals surface area contributed by atoms with Crippen LogP contribution in [0.1, 0.15) is 40.2 Å². The number of imide groups is 1. The number of hydrogen-bond donors (Lipinski definition) is 1. The fourth-order valence-corrected chi connectivity index (χ4v) is 4.89. The first-order valence-corrected chi connectivity index (χ1v) is 11.1. The summed E-state index contributed by atoms with van der Waals surface area (Å²) in [6, 6.07) is 8.44. The summed E-state index contributed by atoms with van der Waals surface area (Å²) in [5, 5.41) is 8.66. The first-order valence-electron chi connectivity index (χ1n) is 10.3. The van der Waals surface area contributed by atoms with Crippen molar-refractivity contribution in [2.24, 2.45) is 0 Å². The molecule has 2 aromatic rings. The van der Waals surface area contributed by atoms with Crippen LogP contribution >= 0.6 is 11.8 Å². The van der Waals surface area contributed by atoms with Crippen molar-refractivity contribution in [1.82, 2.24) is 14.4 Å². The van der Waals surface area contributed by atoms with Crippen molar-refractivity contribution in [3.05, 3.63) is 57.8 Å². The largest absolute Gasteiger partial charge is 0.478 e. The lowest BCUT2D eigenvalue weighted by atomic mass is 10.2. The quantitative estimate of drug-likeness (QED) is 0.696. The smallest absolute Gasteiger partial charge is 0.335 e. The summed E-state index contributed by atoms with van der Waals surface area (Å²) in [7, 11) is 0. The third-order valence-corrected chi connectivity index (χ3v) is 6.66. The average molecular weight is 454 g/mol. The third kappa shape index (κ3) is 4.08. The van der Waals surface area contributed by atoms with Crippen LogP contribution in [-0.4, -0.2) is 62.1 Å². The van der Waals surface area contributed by atoms with E-state index in [4.69, 9.17) is 5.11 Å². The van der Waals surface area contributed by atoms with E-state index in [9.17, 15) is 19.2 Å². The molecule has 9 heteroatoms. The second kappa shape index (κ2) is 8.66. The van der Waals surface area contributed by atoms with Gasteiger partial charge in [-0.25, -0.2) is 4.79 Å². The fraction of sp³-hybridized carbons (Fsp3) is 0.304. The lowest BCUT2D eigenvalue weighted by Gasteiger charge is -2.18. The van der Waals surface area contributed by atoms with Gasteiger partial charge in [-0.15, -0.1) is 0 Å². The number of thioether (sulfide) groups is 1. The lowest BCUT2D eigenvalue weighted by Crippen LogP contribution is -2.40. The van der Waals surface area contributed by atoms with Crippen molar-refractivity contribution >= 4 is 40.9 Å². The maximum absolute atomic E-state index is 12.8. The van der Waals surface area contributed by atoms with E-state index in [1.54, 1.807) is 35.2 Å². The molecular formula is C23H23N3O5S. The minimum absolute atomic E-state index is 0.200. The monoisotopic (exact) mass is 453 g/mol. The van der Waals surface area contributed by atoms with Crippen molar-refractivity contribution in [2.45, 2.75) is 26.7 Å². The van der Waals surface area contributed by atoms with E-state index in [0.29, 0.717) is 13.1 Å². The number of likely N-dealkylation sites (tertiary alicyclic amines) is 1. The van der Waals surface area contributed by atoms with Gasteiger partial charge in [-0.1, -0.05) is 0 Å². The van der Waals surface area contributed by atoms with E-state index < -0.39 is 17.1 Å². The van der Waals surface area contributed by atoms with E-state index in [1.165, 1.54) is 0 Å². The normalized spacial score (nSPS) is 17.6. The highest BCUT2D eigenvalue weighted by Gasteiger charge is 2.37. The Labute approximate surface area is 189 Å². The molecule has 2 aliphatic rings. The maximum Gasteiger partial charge on any atom is 0.335 e. The van der Waals surface area contributed by atoms with Crippen molar-refractivity contribution < 1.29 is 24.3 Å².